The number of carbonyl (C=O) groups is 1. The molecule has 3 aliphatic carbocycles. The van der Waals surface area contributed by atoms with Gasteiger partial charge in [0.15, 0.2) is 0 Å². The molecule has 0 bridgehead atoms. The van der Waals surface area contributed by atoms with Crippen molar-refractivity contribution in [3.8, 4) is 0 Å². The van der Waals surface area contributed by atoms with Crippen LogP contribution in [0.5, 0.6) is 0 Å². The summed E-state index contributed by atoms with van der Waals surface area (Å²) in [5, 5.41) is 0. The van der Waals surface area contributed by atoms with Crippen LogP contribution in [0.4, 0.5) is 17.6 Å². The zero-order chi connectivity index (χ0) is 23.5. The number of nitrogens with two attached hydrogens (primary N) is 2. The number of nitrogens with zero attached hydrogens (tertiary/aromatic N) is 1. The van der Waals surface area contributed by atoms with Gasteiger partial charge in [-0.2, -0.15) is 0 Å². The van der Waals surface area contributed by atoms with E-state index in [1.54, 1.807) is 0 Å². The Labute approximate surface area is 189 Å². The highest BCUT2D eigenvalue weighted by Crippen LogP contribution is 2.55. The van der Waals surface area contributed by atoms with Gasteiger partial charge in [-0.05, 0) is 67.1 Å². The Morgan fingerprint density at radius 3 is 2.24 bits per heavy atom. The molecule has 33 heavy (non-hydrogen) atoms. The van der Waals surface area contributed by atoms with E-state index in [2.05, 4.69) is 9.97 Å². The van der Waals surface area contributed by atoms with E-state index in [1.165, 1.54) is 0 Å². The molecule has 1 aromatic heterocycles. The van der Waals surface area contributed by atoms with Gasteiger partial charge in [0.25, 0.3) is 0 Å². The Balaban J connectivity index is 1.39. The average Bonchev–Trinajstić information content (AvgIpc) is 3.46. The largest absolute Gasteiger partial charge is 0.369 e. The molecule has 0 saturated heterocycles. The van der Waals surface area contributed by atoms with Crippen LogP contribution in [0.2, 0.25) is 0 Å². The van der Waals surface area contributed by atoms with E-state index < -0.39 is 35.6 Å². The van der Waals surface area contributed by atoms with Crippen LogP contribution in [0.1, 0.15) is 74.7 Å². The van der Waals surface area contributed by atoms with Crippen LogP contribution < -0.4 is 11.5 Å². The molecule has 3 atom stereocenters. The van der Waals surface area contributed by atoms with Crippen molar-refractivity contribution >= 4 is 16.9 Å². The molecule has 2 aromatic rings. The molecule has 3 saturated carbocycles. The van der Waals surface area contributed by atoms with Gasteiger partial charge in [0.1, 0.15) is 5.82 Å². The molecule has 9 heteroatoms. The lowest BCUT2D eigenvalue weighted by Gasteiger charge is -2.42. The molecule has 1 heterocycles. The second-order valence-corrected chi connectivity index (χ2v) is 10.4. The van der Waals surface area contributed by atoms with Gasteiger partial charge >= 0.3 is 0 Å². The quantitative estimate of drug-likeness (QED) is 0.499. The number of alkyl halides is 4. The molecule has 0 radical (unpaired) electrons. The lowest BCUT2D eigenvalue weighted by atomic mass is 9.65. The highest BCUT2D eigenvalue weighted by molar-refractivity contribution is 5.80. The fourth-order valence-corrected chi connectivity index (χ4v) is 5.95. The normalized spacial score (nSPS) is 26.0. The number of aromatic nitrogens is 2. The minimum atomic E-state index is -2.71. The highest BCUT2D eigenvalue weighted by Gasteiger charge is 2.54. The summed E-state index contributed by atoms with van der Waals surface area (Å²) < 4.78 is 54.1. The van der Waals surface area contributed by atoms with Crippen LogP contribution in [0.3, 0.4) is 0 Å². The highest BCUT2D eigenvalue weighted by atomic mass is 19.3. The smallest absolute Gasteiger partial charge is 0.248 e. The number of halogens is 4. The lowest BCUT2D eigenvalue weighted by Crippen LogP contribution is -2.46. The van der Waals surface area contributed by atoms with E-state index in [9.17, 15) is 22.4 Å². The molecule has 1 unspecified atom stereocenters. The molecule has 3 fully saturated rings. The zero-order valence-electron chi connectivity index (χ0n) is 18.4. The van der Waals surface area contributed by atoms with Crippen molar-refractivity contribution in [2.75, 3.05) is 0 Å². The van der Waals surface area contributed by atoms with Crippen molar-refractivity contribution in [3.05, 3.63) is 29.6 Å². The minimum absolute atomic E-state index is 0.0663. The van der Waals surface area contributed by atoms with E-state index in [-0.39, 0.29) is 43.4 Å². The first-order valence-electron chi connectivity index (χ1n) is 11.8. The molecule has 5 nitrogen and oxygen atoms in total. The van der Waals surface area contributed by atoms with Crippen LogP contribution >= 0.6 is 0 Å². The molecule has 0 spiro atoms. The van der Waals surface area contributed by atoms with Gasteiger partial charge in [-0.15, -0.1) is 0 Å². The topological polar surface area (TPSA) is 97.8 Å². The molecule has 5 N–H and O–H groups in total. The third kappa shape index (κ3) is 4.48. The van der Waals surface area contributed by atoms with Crippen molar-refractivity contribution in [2.45, 2.75) is 75.2 Å². The van der Waals surface area contributed by atoms with Gasteiger partial charge in [-0.3, -0.25) is 4.79 Å². The van der Waals surface area contributed by atoms with Gasteiger partial charge in [-0.25, -0.2) is 22.5 Å². The summed E-state index contributed by atoms with van der Waals surface area (Å²) in [5.74, 6) is -6.33. The van der Waals surface area contributed by atoms with Gasteiger partial charge < -0.3 is 16.5 Å². The van der Waals surface area contributed by atoms with Crippen LogP contribution in [0, 0.1) is 23.7 Å². The van der Waals surface area contributed by atoms with Crippen molar-refractivity contribution in [2.24, 2.45) is 35.1 Å². The van der Waals surface area contributed by atoms with Gasteiger partial charge in [0, 0.05) is 31.6 Å². The van der Waals surface area contributed by atoms with E-state index in [1.807, 2.05) is 18.2 Å². The van der Waals surface area contributed by atoms with Crippen LogP contribution in [0.25, 0.3) is 11.0 Å². The molecule has 1 amide bonds. The predicted octanol–water partition coefficient (Wildman–Crippen LogP) is 5.03. The number of H-pyrrole nitrogens is 1. The minimum Gasteiger partial charge on any atom is -0.369 e. The van der Waals surface area contributed by atoms with Crippen molar-refractivity contribution in [1.82, 2.24) is 9.97 Å². The third-order valence-corrected chi connectivity index (χ3v) is 7.97. The van der Waals surface area contributed by atoms with Crippen LogP contribution in [-0.2, 0) is 4.79 Å². The number of nitrogens with one attached hydrogen (secondary N) is 1. The van der Waals surface area contributed by atoms with E-state index in [0.717, 1.165) is 23.9 Å². The molecular weight excluding hydrogens is 436 g/mol. The number of hydrogen-bond acceptors (Lipinski definition) is 3. The Morgan fingerprint density at radius 1 is 1.00 bits per heavy atom. The fourth-order valence-electron chi connectivity index (χ4n) is 5.95. The summed E-state index contributed by atoms with van der Waals surface area (Å²) in [4.78, 5) is 20.2. The number of hydrogen-bond donors (Lipinski definition) is 3. The van der Waals surface area contributed by atoms with Crippen molar-refractivity contribution in [1.29, 1.82) is 0 Å². The van der Waals surface area contributed by atoms with Crippen molar-refractivity contribution < 1.29 is 22.4 Å². The Morgan fingerprint density at radius 2 is 1.67 bits per heavy atom. The molecule has 1 aromatic carbocycles. The second-order valence-electron chi connectivity index (χ2n) is 10.4. The zero-order valence-corrected chi connectivity index (χ0v) is 18.4. The number of fused-ring (bicyclic) bond motifs is 1. The number of carbonyl (C=O) groups excluding carboxylic acids is 1. The van der Waals surface area contributed by atoms with E-state index in [4.69, 9.17) is 11.5 Å². The van der Waals surface area contributed by atoms with Gasteiger partial charge in [0.05, 0.1) is 17.1 Å². The maximum absolute atomic E-state index is 13.6. The number of rotatable bonds is 7. The third-order valence-electron chi connectivity index (χ3n) is 7.97. The number of benzene rings is 1. The summed E-state index contributed by atoms with van der Waals surface area (Å²) in [6.07, 6.45) is 1.69. The SMILES string of the molecule is NC(=O)C(C1CC(F)(F)C1)[C@@H](c1ccc2nc([C@@H](N)C3CCC(F)(F)CC3)[nH]c2c1)C1CC1. The molecule has 3 aliphatic rings. The number of imidazole rings is 1. The van der Waals surface area contributed by atoms with Crippen molar-refractivity contribution in [3.63, 3.8) is 0 Å². The summed E-state index contributed by atoms with van der Waals surface area (Å²) in [5.41, 5.74) is 14.4. The first kappa shape index (κ1) is 22.6. The van der Waals surface area contributed by atoms with Crippen LogP contribution in [0.15, 0.2) is 18.2 Å². The summed E-state index contributed by atoms with van der Waals surface area (Å²) in [6.45, 7) is 0. The Kier molecular flexibility index (Phi) is 5.46. The monoisotopic (exact) mass is 466 g/mol. The van der Waals surface area contributed by atoms with Crippen LogP contribution in [-0.4, -0.2) is 27.7 Å². The predicted molar refractivity (Wildman–Crippen MR) is 116 cm³/mol. The molecule has 180 valence electrons. The number of amides is 1. The average molecular weight is 467 g/mol. The van der Waals surface area contributed by atoms with E-state index >= 15 is 0 Å². The van der Waals surface area contributed by atoms with Gasteiger partial charge in [0.2, 0.25) is 17.8 Å². The van der Waals surface area contributed by atoms with E-state index in [0.29, 0.717) is 24.2 Å². The Bertz CT molecular complexity index is 1030. The lowest BCUT2D eigenvalue weighted by molar-refractivity contribution is -0.146. The first-order chi connectivity index (χ1) is 15.5. The summed E-state index contributed by atoms with van der Waals surface area (Å²) >= 11 is 0. The number of aromatic amines is 1. The fraction of sp³-hybridized carbons (Fsp3) is 0.667. The molecule has 5 rings (SSSR count). The number of primary amides is 1. The van der Waals surface area contributed by atoms with Gasteiger partial charge in [-0.1, -0.05) is 6.07 Å². The second kappa shape index (κ2) is 7.96. The molecular formula is C24H30F4N4O. The summed E-state index contributed by atoms with van der Waals surface area (Å²) in [6, 6.07) is 5.19. The molecule has 0 aliphatic heterocycles. The summed E-state index contributed by atoms with van der Waals surface area (Å²) in [7, 11) is 0. The maximum Gasteiger partial charge on any atom is 0.248 e. The maximum atomic E-state index is 13.6. The first-order valence-corrected chi connectivity index (χ1v) is 11.8. The standard InChI is InChI=1S/C24H30F4N4O/c25-23(26)7-5-13(6-8-23)20(29)22-31-16-4-3-14(9-17(16)32-22)18(12-1-2-12)19(21(30)33)15-10-24(27,28)11-15/h3-4,9,12-13,15,18-20H,1-2,5-8,10-11,29H2,(H2,30,33)(H,31,32)/t18-,19?,20+/m1/s1. The Hall–Kier alpha value is -2.16.